The van der Waals surface area contributed by atoms with Gasteiger partial charge < -0.3 is 5.32 Å². The Hall–Kier alpha value is -1.35. The van der Waals surface area contributed by atoms with Crippen molar-refractivity contribution >= 4 is 28.5 Å². The monoisotopic (exact) mass is 247 g/mol. The fraction of sp³-hybridized carbons (Fsp3) is 0.385. The van der Waals surface area contributed by atoms with Gasteiger partial charge in [0, 0.05) is 11.9 Å². The van der Waals surface area contributed by atoms with E-state index in [0.717, 1.165) is 36.2 Å². The molecule has 1 aliphatic rings. The molecule has 3 nitrogen and oxygen atoms in total. The molecule has 0 bridgehead atoms. The number of anilines is 1. The van der Waals surface area contributed by atoms with Crippen molar-refractivity contribution < 1.29 is 0 Å². The minimum atomic E-state index is 0.379. The molecule has 1 aromatic carbocycles. The van der Waals surface area contributed by atoms with Gasteiger partial charge in [-0.1, -0.05) is 12.1 Å². The van der Waals surface area contributed by atoms with Gasteiger partial charge in [-0.2, -0.15) is 0 Å². The molecule has 1 N–H and O–H groups in total. The van der Waals surface area contributed by atoms with Crippen LogP contribution in [-0.4, -0.2) is 21.9 Å². The maximum Gasteiger partial charge on any atom is 0.145 e. The first kappa shape index (κ1) is 10.8. The third kappa shape index (κ3) is 2.34. The van der Waals surface area contributed by atoms with Crippen LogP contribution in [-0.2, 0) is 0 Å². The van der Waals surface area contributed by atoms with Gasteiger partial charge in [-0.25, -0.2) is 4.98 Å². The third-order valence-electron chi connectivity index (χ3n) is 3.20. The summed E-state index contributed by atoms with van der Waals surface area (Å²) in [6.07, 6.45) is 4.00. The molecule has 0 unspecified atom stereocenters. The van der Waals surface area contributed by atoms with Crippen molar-refractivity contribution in [1.82, 2.24) is 9.97 Å². The molecule has 0 aliphatic heterocycles. The summed E-state index contributed by atoms with van der Waals surface area (Å²) < 4.78 is 0. The molecular weight excluding hydrogens is 234 g/mol. The van der Waals surface area contributed by atoms with E-state index in [1.54, 1.807) is 6.20 Å². The standard InChI is InChI=1S/C13H14ClN3/c14-10-5-9(6-10)7-16-13-8-15-11-3-1-2-4-12(11)17-13/h1-4,8-10H,5-7H2,(H,16,17). The van der Waals surface area contributed by atoms with Crippen LogP contribution in [0.4, 0.5) is 5.82 Å². The summed E-state index contributed by atoms with van der Waals surface area (Å²) in [6, 6.07) is 7.89. The highest BCUT2D eigenvalue weighted by molar-refractivity contribution is 6.21. The second kappa shape index (κ2) is 4.49. The second-order valence-electron chi connectivity index (χ2n) is 4.56. The number of nitrogens with zero attached hydrogens (tertiary/aromatic N) is 2. The smallest absolute Gasteiger partial charge is 0.145 e. The predicted molar refractivity (Wildman–Crippen MR) is 70.4 cm³/mol. The number of halogens is 1. The van der Waals surface area contributed by atoms with Gasteiger partial charge in [0.05, 0.1) is 17.2 Å². The molecule has 1 fully saturated rings. The summed E-state index contributed by atoms with van der Waals surface area (Å²) in [5, 5.41) is 3.71. The number of para-hydroxylation sites is 2. The first-order valence-corrected chi connectivity index (χ1v) is 6.34. The van der Waals surface area contributed by atoms with Gasteiger partial charge in [0.15, 0.2) is 0 Å². The van der Waals surface area contributed by atoms with Crippen LogP contribution >= 0.6 is 11.6 Å². The third-order valence-corrected chi connectivity index (χ3v) is 3.55. The van der Waals surface area contributed by atoms with Gasteiger partial charge in [0.1, 0.15) is 5.82 Å². The van der Waals surface area contributed by atoms with Crippen LogP contribution in [0.15, 0.2) is 30.5 Å². The van der Waals surface area contributed by atoms with Crippen molar-refractivity contribution in [2.24, 2.45) is 5.92 Å². The van der Waals surface area contributed by atoms with Crippen molar-refractivity contribution in [3.8, 4) is 0 Å². The Labute approximate surface area is 105 Å². The van der Waals surface area contributed by atoms with Crippen LogP contribution in [0.25, 0.3) is 11.0 Å². The Morgan fingerprint density at radius 2 is 2.00 bits per heavy atom. The number of alkyl halides is 1. The molecular formula is C13H14ClN3. The normalized spacial score (nSPS) is 23.4. The fourth-order valence-electron chi connectivity index (χ4n) is 2.11. The maximum atomic E-state index is 5.95. The molecule has 4 heteroatoms. The van der Waals surface area contributed by atoms with Crippen LogP contribution in [0.1, 0.15) is 12.8 Å². The van der Waals surface area contributed by atoms with E-state index in [4.69, 9.17) is 11.6 Å². The number of hydrogen-bond acceptors (Lipinski definition) is 3. The maximum absolute atomic E-state index is 5.95. The molecule has 2 aromatic rings. The van der Waals surface area contributed by atoms with E-state index in [0.29, 0.717) is 11.3 Å². The van der Waals surface area contributed by atoms with Gasteiger partial charge >= 0.3 is 0 Å². The van der Waals surface area contributed by atoms with Crippen molar-refractivity contribution in [1.29, 1.82) is 0 Å². The van der Waals surface area contributed by atoms with E-state index in [1.165, 1.54) is 0 Å². The molecule has 0 atom stereocenters. The predicted octanol–water partition coefficient (Wildman–Crippen LogP) is 3.06. The van der Waals surface area contributed by atoms with Crippen LogP contribution in [0.3, 0.4) is 0 Å². The first-order chi connectivity index (χ1) is 8.31. The summed E-state index contributed by atoms with van der Waals surface area (Å²) in [6.45, 7) is 0.941. The van der Waals surface area contributed by atoms with Gasteiger partial charge in [-0.15, -0.1) is 11.6 Å². The molecule has 1 aromatic heterocycles. The van der Waals surface area contributed by atoms with E-state index < -0.39 is 0 Å². The molecule has 1 heterocycles. The number of aromatic nitrogens is 2. The molecule has 0 spiro atoms. The largest absolute Gasteiger partial charge is 0.368 e. The van der Waals surface area contributed by atoms with Crippen LogP contribution < -0.4 is 5.32 Å². The van der Waals surface area contributed by atoms with Gasteiger partial charge in [-0.3, -0.25) is 4.98 Å². The minimum absolute atomic E-state index is 0.379. The Morgan fingerprint density at radius 1 is 1.24 bits per heavy atom. The van der Waals surface area contributed by atoms with Gasteiger partial charge in [0.25, 0.3) is 0 Å². The lowest BCUT2D eigenvalue weighted by molar-refractivity contribution is 0.341. The summed E-state index contributed by atoms with van der Waals surface area (Å²) in [5.74, 6) is 1.53. The SMILES string of the molecule is ClC1CC(CNc2cnc3ccccc3n2)C1. The van der Waals surface area contributed by atoms with E-state index >= 15 is 0 Å². The van der Waals surface area contributed by atoms with E-state index in [2.05, 4.69) is 15.3 Å². The summed E-state index contributed by atoms with van der Waals surface area (Å²) in [7, 11) is 0. The molecule has 17 heavy (non-hydrogen) atoms. The van der Waals surface area contributed by atoms with E-state index in [9.17, 15) is 0 Å². The van der Waals surface area contributed by atoms with Gasteiger partial charge in [0.2, 0.25) is 0 Å². The van der Waals surface area contributed by atoms with Gasteiger partial charge in [-0.05, 0) is 30.9 Å². The first-order valence-electron chi connectivity index (χ1n) is 5.91. The Balaban J connectivity index is 1.68. The molecule has 88 valence electrons. The fourth-order valence-corrected chi connectivity index (χ4v) is 2.62. The molecule has 1 saturated carbocycles. The van der Waals surface area contributed by atoms with E-state index in [1.807, 2.05) is 24.3 Å². The quantitative estimate of drug-likeness (QED) is 0.848. The summed E-state index contributed by atoms with van der Waals surface area (Å²) in [4.78, 5) is 8.88. The summed E-state index contributed by atoms with van der Waals surface area (Å²) in [5.41, 5.74) is 1.86. The number of hydrogen-bond donors (Lipinski definition) is 1. The van der Waals surface area contributed by atoms with Crippen molar-refractivity contribution in [2.75, 3.05) is 11.9 Å². The highest BCUT2D eigenvalue weighted by Crippen LogP contribution is 2.31. The molecule has 1 aliphatic carbocycles. The Morgan fingerprint density at radius 3 is 2.76 bits per heavy atom. The average Bonchev–Trinajstić information content (AvgIpc) is 2.33. The number of rotatable bonds is 3. The number of fused-ring (bicyclic) bond motifs is 1. The van der Waals surface area contributed by atoms with Crippen molar-refractivity contribution in [3.63, 3.8) is 0 Å². The zero-order valence-corrected chi connectivity index (χ0v) is 10.2. The van der Waals surface area contributed by atoms with Crippen molar-refractivity contribution in [3.05, 3.63) is 30.5 Å². The zero-order chi connectivity index (χ0) is 11.7. The topological polar surface area (TPSA) is 37.8 Å². The Bertz CT molecular complexity index is 523. The lowest BCUT2D eigenvalue weighted by atomic mass is 9.85. The molecule has 0 saturated heterocycles. The van der Waals surface area contributed by atoms with E-state index in [-0.39, 0.29) is 0 Å². The molecule has 0 radical (unpaired) electrons. The number of benzene rings is 1. The Kier molecular flexibility index (Phi) is 2.85. The van der Waals surface area contributed by atoms with Crippen LogP contribution in [0, 0.1) is 5.92 Å². The van der Waals surface area contributed by atoms with Crippen molar-refractivity contribution in [2.45, 2.75) is 18.2 Å². The zero-order valence-electron chi connectivity index (χ0n) is 9.44. The lowest BCUT2D eigenvalue weighted by Gasteiger charge is -2.30. The highest BCUT2D eigenvalue weighted by atomic mass is 35.5. The van der Waals surface area contributed by atoms with Crippen LogP contribution in [0.2, 0.25) is 0 Å². The number of nitrogens with one attached hydrogen (secondary N) is 1. The molecule has 0 amide bonds. The average molecular weight is 248 g/mol. The lowest BCUT2D eigenvalue weighted by Crippen LogP contribution is -2.30. The minimum Gasteiger partial charge on any atom is -0.368 e. The second-order valence-corrected chi connectivity index (χ2v) is 5.18. The highest BCUT2D eigenvalue weighted by Gasteiger charge is 2.26. The molecule has 3 rings (SSSR count). The van der Waals surface area contributed by atoms with Crippen LogP contribution in [0.5, 0.6) is 0 Å². The summed E-state index contributed by atoms with van der Waals surface area (Å²) >= 11 is 5.95.